The number of unbranched alkanes of at least 4 members (excludes halogenated alkanes) is 26. The molecule has 0 aliphatic carbocycles. The average Bonchev–Trinajstić information content (AvgIpc) is 3.13. The molecule has 0 spiro atoms. The van der Waals surface area contributed by atoms with Crippen LogP contribution in [0.25, 0.3) is 0 Å². The summed E-state index contributed by atoms with van der Waals surface area (Å²) in [4.78, 5) is 37.0. The number of carbonyl (C=O) groups is 2. The second-order valence-electron chi connectivity index (χ2n) is 15.6. The molecule has 9 nitrogen and oxygen atoms in total. The third kappa shape index (κ3) is 40.4. The summed E-state index contributed by atoms with van der Waals surface area (Å²) in [6.45, 7) is 4.34. The molecule has 0 saturated carbocycles. The first-order valence-electron chi connectivity index (χ1n) is 22.5. The molecule has 0 aliphatic heterocycles. The number of ether oxygens (including phenoxy) is 2. The fourth-order valence-corrected chi connectivity index (χ4v) is 7.07. The van der Waals surface area contributed by atoms with Crippen molar-refractivity contribution in [2.45, 2.75) is 219 Å². The Labute approximate surface area is 333 Å². The number of phosphoric ester groups is 1. The second-order valence-corrected chi connectivity index (χ2v) is 17.0. The summed E-state index contributed by atoms with van der Waals surface area (Å²) in [6, 6.07) is 0. The fraction of sp³-hybridized carbons (Fsp3) is 0.909. The van der Waals surface area contributed by atoms with Crippen LogP contribution in [0.2, 0.25) is 0 Å². The molecule has 0 aliphatic rings. The van der Waals surface area contributed by atoms with Crippen molar-refractivity contribution in [1.29, 1.82) is 0 Å². The average molecular weight is 788 g/mol. The van der Waals surface area contributed by atoms with E-state index in [4.69, 9.17) is 18.5 Å². The van der Waals surface area contributed by atoms with E-state index >= 15 is 0 Å². The maximum absolute atomic E-state index is 12.6. The van der Waals surface area contributed by atoms with Gasteiger partial charge in [0, 0.05) is 19.4 Å². The molecule has 0 aromatic rings. The highest BCUT2D eigenvalue weighted by Gasteiger charge is 2.26. The van der Waals surface area contributed by atoms with Crippen LogP contribution in [0.5, 0.6) is 0 Å². The van der Waals surface area contributed by atoms with Crippen LogP contribution >= 0.6 is 7.82 Å². The van der Waals surface area contributed by atoms with E-state index in [0.717, 1.165) is 32.1 Å². The lowest BCUT2D eigenvalue weighted by Gasteiger charge is -2.20. The lowest BCUT2D eigenvalue weighted by atomic mass is 10.0. The zero-order valence-corrected chi connectivity index (χ0v) is 36.6. The predicted octanol–water partition coefficient (Wildman–Crippen LogP) is 12.8. The van der Waals surface area contributed by atoms with Gasteiger partial charge in [-0.15, -0.1) is 0 Å². The van der Waals surface area contributed by atoms with Gasteiger partial charge in [0.2, 0.25) is 0 Å². The number of allylic oxidation sites excluding steroid dienone is 2. The van der Waals surface area contributed by atoms with Crippen molar-refractivity contribution in [1.82, 2.24) is 4.90 Å². The molecule has 0 aromatic carbocycles. The molecule has 0 radical (unpaired) electrons. The summed E-state index contributed by atoms with van der Waals surface area (Å²) < 4.78 is 33.5. The summed E-state index contributed by atoms with van der Waals surface area (Å²) in [5, 5.41) is 0. The molecule has 0 aromatic heterocycles. The van der Waals surface area contributed by atoms with Gasteiger partial charge in [0.05, 0.1) is 13.2 Å². The van der Waals surface area contributed by atoms with Crippen molar-refractivity contribution in [2.24, 2.45) is 0 Å². The van der Waals surface area contributed by atoms with Crippen molar-refractivity contribution in [3.8, 4) is 0 Å². The summed E-state index contributed by atoms with van der Waals surface area (Å²) >= 11 is 0. The van der Waals surface area contributed by atoms with Gasteiger partial charge in [-0.1, -0.05) is 174 Å². The Balaban J connectivity index is 4.20. The number of phosphoric acid groups is 1. The van der Waals surface area contributed by atoms with Crippen LogP contribution in [-0.4, -0.2) is 68.3 Å². The minimum Gasteiger partial charge on any atom is -0.462 e. The molecule has 0 amide bonds. The molecule has 2 unspecified atom stereocenters. The van der Waals surface area contributed by atoms with Gasteiger partial charge in [0.1, 0.15) is 6.61 Å². The second kappa shape index (κ2) is 40.0. The van der Waals surface area contributed by atoms with Crippen LogP contribution in [0.3, 0.4) is 0 Å². The van der Waals surface area contributed by atoms with E-state index in [2.05, 4.69) is 26.0 Å². The van der Waals surface area contributed by atoms with Crippen LogP contribution in [0.15, 0.2) is 12.2 Å². The number of hydrogen-bond donors (Lipinski definition) is 1. The zero-order valence-electron chi connectivity index (χ0n) is 35.7. The first kappa shape index (κ1) is 52.8. The maximum Gasteiger partial charge on any atom is 0.472 e. The summed E-state index contributed by atoms with van der Waals surface area (Å²) in [6.07, 6.45) is 39.7. The van der Waals surface area contributed by atoms with Crippen molar-refractivity contribution < 1.29 is 37.6 Å². The third-order valence-corrected chi connectivity index (χ3v) is 10.8. The van der Waals surface area contributed by atoms with Gasteiger partial charge in [-0.25, -0.2) is 4.57 Å². The van der Waals surface area contributed by atoms with E-state index < -0.39 is 26.5 Å². The lowest BCUT2D eigenvalue weighted by Crippen LogP contribution is -2.29. The predicted molar refractivity (Wildman–Crippen MR) is 225 cm³/mol. The summed E-state index contributed by atoms with van der Waals surface area (Å²) in [5.41, 5.74) is 0. The van der Waals surface area contributed by atoms with E-state index in [1.807, 2.05) is 19.0 Å². The highest BCUT2D eigenvalue weighted by atomic mass is 31.2. The number of hydrogen-bond acceptors (Lipinski definition) is 8. The van der Waals surface area contributed by atoms with E-state index in [9.17, 15) is 19.0 Å². The molecule has 0 rings (SSSR count). The van der Waals surface area contributed by atoms with E-state index in [-0.39, 0.29) is 25.6 Å². The van der Waals surface area contributed by atoms with Crippen LogP contribution < -0.4 is 0 Å². The molecule has 0 bridgehead atoms. The Morgan fingerprint density at radius 2 is 0.944 bits per heavy atom. The Morgan fingerprint density at radius 1 is 0.556 bits per heavy atom. The van der Waals surface area contributed by atoms with Gasteiger partial charge in [-0.3, -0.25) is 18.6 Å². The molecule has 0 heterocycles. The molecule has 2 atom stereocenters. The number of nitrogens with zero attached hydrogens (tertiary/aromatic N) is 1. The largest absolute Gasteiger partial charge is 0.472 e. The molecular weight excluding hydrogens is 701 g/mol. The Kier molecular flexibility index (Phi) is 39.0. The normalized spacial score (nSPS) is 13.4. The molecule has 54 heavy (non-hydrogen) atoms. The topological polar surface area (TPSA) is 112 Å². The Morgan fingerprint density at radius 3 is 1.37 bits per heavy atom. The molecule has 0 saturated heterocycles. The van der Waals surface area contributed by atoms with Gasteiger partial charge in [-0.2, -0.15) is 0 Å². The van der Waals surface area contributed by atoms with E-state index in [1.165, 1.54) is 148 Å². The summed E-state index contributed by atoms with van der Waals surface area (Å²) in [5.74, 6) is -0.795. The van der Waals surface area contributed by atoms with Gasteiger partial charge >= 0.3 is 19.8 Å². The standard InChI is InChI=1S/C44H86NO8P/c1-5-7-9-11-13-15-17-19-20-21-22-23-24-25-27-28-30-32-34-36-43(46)50-40-42(41-52-54(48,49)51-39-38-45(3)4)53-44(47)37-35-33-31-29-26-18-16-14-12-10-8-6-2/h19-20,42H,5-18,21-41H2,1-4H3,(H,48,49)/b20-19-. The van der Waals surface area contributed by atoms with Crippen molar-refractivity contribution >= 4 is 19.8 Å². The van der Waals surface area contributed by atoms with Gasteiger partial charge < -0.3 is 19.3 Å². The highest BCUT2D eigenvalue weighted by Crippen LogP contribution is 2.43. The quantitative estimate of drug-likeness (QED) is 0.0280. The van der Waals surface area contributed by atoms with Crippen LogP contribution in [0, 0.1) is 0 Å². The van der Waals surface area contributed by atoms with Gasteiger partial charge in [0.15, 0.2) is 6.10 Å². The van der Waals surface area contributed by atoms with Gasteiger partial charge in [-0.05, 0) is 52.6 Å². The number of carbonyl (C=O) groups excluding carboxylic acids is 2. The lowest BCUT2D eigenvalue weighted by molar-refractivity contribution is -0.161. The van der Waals surface area contributed by atoms with Crippen LogP contribution in [0.1, 0.15) is 213 Å². The zero-order chi connectivity index (χ0) is 39.8. The molecule has 320 valence electrons. The molecule has 1 N–H and O–H groups in total. The third-order valence-electron chi connectivity index (χ3n) is 9.82. The van der Waals surface area contributed by atoms with E-state index in [1.54, 1.807) is 0 Å². The van der Waals surface area contributed by atoms with Crippen LogP contribution in [0.4, 0.5) is 0 Å². The van der Waals surface area contributed by atoms with Crippen LogP contribution in [-0.2, 0) is 32.7 Å². The maximum atomic E-state index is 12.6. The van der Waals surface area contributed by atoms with E-state index in [0.29, 0.717) is 19.4 Å². The smallest absolute Gasteiger partial charge is 0.462 e. The van der Waals surface area contributed by atoms with Gasteiger partial charge in [0.25, 0.3) is 0 Å². The monoisotopic (exact) mass is 788 g/mol. The first-order valence-corrected chi connectivity index (χ1v) is 24.0. The number of rotatable bonds is 42. The Bertz CT molecular complexity index is 915. The van der Waals surface area contributed by atoms with Crippen molar-refractivity contribution in [3.63, 3.8) is 0 Å². The number of esters is 2. The molecule has 0 fully saturated rings. The fourth-order valence-electron chi connectivity index (χ4n) is 6.33. The SMILES string of the molecule is CCCCCCCC/C=C\CCCCCCCCCCCC(=O)OCC(COP(=O)(O)OCCN(C)C)OC(=O)CCCCCCCCCCCCCC. The first-order chi connectivity index (χ1) is 26.2. The Hall–Kier alpha value is -1.25. The molecule has 10 heteroatoms. The minimum atomic E-state index is -4.35. The molecular formula is C44H86NO8P. The van der Waals surface area contributed by atoms with Crippen molar-refractivity contribution in [3.05, 3.63) is 12.2 Å². The van der Waals surface area contributed by atoms with Crippen molar-refractivity contribution in [2.75, 3.05) is 40.5 Å². The highest BCUT2D eigenvalue weighted by molar-refractivity contribution is 7.47. The summed E-state index contributed by atoms with van der Waals surface area (Å²) in [7, 11) is -0.702. The number of likely N-dealkylation sites (N-methyl/N-ethyl adjacent to an activating group) is 1. The minimum absolute atomic E-state index is 0.0103.